The topological polar surface area (TPSA) is 78.8 Å². The molecule has 2 heterocycles. The molecule has 0 aliphatic rings. The molecule has 0 fully saturated rings. The minimum Gasteiger partial charge on any atom is -0.496 e. The second-order valence-corrected chi connectivity index (χ2v) is 8.81. The number of para-hydroxylation sites is 1. The van der Waals surface area contributed by atoms with Crippen molar-refractivity contribution in [3.8, 4) is 23.1 Å². The van der Waals surface area contributed by atoms with E-state index in [9.17, 15) is 4.79 Å². The van der Waals surface area contributed by atoms with Gasteiger partial charge in [-0.05, 0) is 70.9 Å². The molecule has 3 aromatic carbocycles. The van der Waals surface area contributed by atoms with Crippen molar-refractivity contribution in [3.05, 3.63) is 86.1 Å². The van der Waals surface area contributed by atoms with Gasteiger partial charge in [0.05, 0.1) is 45.7 Å². The zero-order valence-electron chi connectivity index (χ0n) is 18.8. The van der Waals surface area contributed by atoms with Gasteiger partial charge in [0.15, 0.2) is 11.5 Å². The highest BCUT2D eigenvalue weighted by Crippen LogP contribution is 2.35. The van der Waals surface area contributed by atoms with Crippen molar-refractivity contribution in [3.63, 3.8) is 0 Å². The van der Waals surface area contributed by atoms with Gasteiger partial charge in [0.1, 0.15) is 11.3 Å². The zero-order valence-corrected chi connectivity index (χ0v) is 21.1. The van der Waals surface area contributed by atoms with E-state index in [1.165, 1.54) is 10.9 Å². The van der Waals surface area contributed by atoms with E-state index in [0.29, 0.717) is 55.4 Å². The third-order valence-electron chi connectivity index (χ3n) is 5.35. The Bertz CT molecular complexity index is 1640. The molecule has 0 spiro atoms. The highest BCUT2D eigenvalue weighted by Gasteiger charge is 2.18. The Morgan fingerprint density at radius 2 is 1.97 bits per heavy atom. The van der Waals surface area contributed by atoms with Crippen molar-refractivity contribution < 1.29 is 13.9 Å². The van der Waals surface area contributed by atoms with Gasteiger partial charge in [0, 0.05) is 0 Å². The van der Waals surface area contributed by atoms with Gasteiger partial charge in [-0.15, -0.1) is 0 Å². The van der Waals surface area contributed by atoms with Crippen molar-refractivity contribution in [2.24, 2.45) is 5.10 Å². The number of halogens is 2. The fraction of sp³-hybridized carbons (Fsp3) is 0.115. The number of hydrogen-bond acceptors (Lipinski definition) is 6. The molecular formula is C26H19BrClN3O4. The maximum absolute atomic E-state index is 13.4. The molecule has 0 radical (unpaired) electrons. The quantitative estimate of drug-likeness (QED) is 0.224. The lowest BCUT2D eigenvalue weighted by Gasteiger charge is -2.09. The van der Waals surface area contributed by atoms with Crippen LogP contribution in [-0.4, -0.2) is 29.6 Å². The van der Waals surface area contributed by atoms with Crippen LogP contribution in [0.5, 0.6) is 11.5 Å². The molecule has 0 N–H and O–H groups in total. The Labute approximate surface area is 213 Å². The van der Waals surface area contributed by atoms with Crippen molar-refractivity contribution >= 4 is 55.6 Å². The fourth-order valence-corrected chi connectivity index (χ4v) is 4.76. The standard InChI is InChI=1S/C26H19BrClN3O4/c1-3-34-24-18(27)11-15(12-19(24)28)14-29-31-25(30-20-8-5-4-7-16(20)26(31)32)23-13-17-21(33-2)9-6-10-22(17)35-23/h4-14H,3H2,1-2H3. The molecular weight excluding hydrogens is 534 g/mol. The normalized spacial score (nSPS) is 11.5. The van der Waals surface area contributed by atoms with Gasteiger partial charge in [-0.25, -0.2) is 4.98 Å². The van der Waals surface area contributed by atoms with Crippen molar-refractivity contribution in [1.29, 1.82) is 0 Å². The summed E-state index contributed by atoms with van der Waals surface area (Å²) in [5.74, 6) is 1.85. The Morgan fingerprint density at radius 1 is 1.14 bits per heavy atom. The molecule has 0 saturated carbocycles. The zero-order chi connectivity index (χ0) is 24.5. The molecule has 0 amide bonds. The van der Waals surface area contributed by atoms with Gasteiger partial charge in [-0.1, -0.05) is 29.8 Å². The van der Waals surface area contributed by atoms with Gasteiger partial charge in [0.25, 0.3) is 5.56 Å². The number of aromatic nitrogens is 2. The van der Waals surface area contributed by atoms with E-state index in [1.807, 2.05) is 37.3 Å². The van der Waals surface area contributed by atoms with Gasteiger partial charge >= 0.3 is 0 Å². The number of methoxy groups -OCH3 is 1. The molecule has 9 heteroatoms. The number of furan rings is 1. The summed E-state index contributed by atoms with van der Waals surface area (Å²) in [6.07, 6.45) is 1.54. The maximum atomic E-state index is 13.4. The van der Waals surface area contributed by atoms with E-state index in [1.54, 1.807) is 37.4 Å². The monoisotopic (exact) mass is 551 g/mol. The van der Waals surface area contributed by atoms with Crippen LogP contribution in [0.2, 0.25) is 5.02 Å². The number of nitrogens with zero attached hydrogens (tertiary/aromatic N) is 3. The summed E-state index contributed by atoms with van der Waals surface area (Å²) in [5.41, 5.74) is 1.49. The highest BCUT2D eigenvalue weighted by molar-refractivity contribution is 9.10. The Hall–Kier alpha value is -3.62. The summed E-state index contributed by atoms with van der Waals surface area (Å²) in [4.78, 5) is 18.1. The molecule has 0 saturated heterocycles. The number of benzene rings is 3. The van der Waals surface area contributed by atoms with Gasteiger partial charge in [-0.3, -0.25) is 4.79 Å². The number of hydrogen-bond donors (Lipinski definition) is 0. The number of rotatable bonds is 6. The Balaban J connectivity index is 1.69. The van der Waals surface area contributed by atoms with E-state index in [4.69, 9.17) is 30.5 Å². The minimum atomic E-state index is -0.328. The number of fused-ring (bicyclic) bond motifs is 2. The van der Waals surface area contributed by atoms with Crippen LogP contribution in [-0.2, 0) is 0 Å². The first kappa shape index (κ1) is 23.1. The van der Waals surface area contributed by atoms with Crippen LogP contribution in [0, 0.1) is 0 Å². The first-order valence-corrected chi connectivity index (χ1v) is 11.9. The Morgan fingerprint density at radius 3 is 2.74 bits per heavy atom. The average Bonchev–Trinajstić information content (AvgIpc) is 3.30. The number of ether oxygens (including phenoxy) is 2. The van der Waals surface area contributed by atoms with Crippen LogP contribution >= 0.6 is 27.5 Å². The summed E-state index contributed by atoms with van der Waals surface area (Å²) in [6.45, 7) is 2.36. The van der Waals surface area contributed by atoms with E-state index < -0.39 is 0 Å². The van der Waals surface area contributed by atoms with Gasteiger partial charge in [-0.2, -0.15) is 9.78 Å². The molecule has 176 valence electrons. The molecule has 5 rings (SSSR count). The fourth-order valence-electron chi connectivity index (χ4n) is 3.77. The smallest absolute Gasteiger partial charge is 0.282 e. The lowest BCUT2D eigenvalue weighted by atomic mass is 10.2. The second-order valence-electron chi connectivity index (χ2n) is 7.54. The maximum Gasteiger partial charge on any atom is 0.282 e. The predicted octanol–water partition coefficient (Wildman–Crippen LogP) is 6.52. The minimum absolute atomic E-state index is 0.263. The SMILES string of the molecule is CCOc1c(Cl)cc(C=Nn2c(-c3cc4c(OC)cccc4o3)nc3ccccc3c2=O)cc1Br. The summed E-state index contributed by atoms with van der Waals surface area (Å²) in [6, 6.07) is 17.9. The molecule has 7 nitrogen and oxygen atoms in total. The summed E-state index contributed by atoms with van der Waals surface area (Å²) >= 11 is 9.86. The molecule has 35 heavy (non-hydrogen) atoms. The lowest BCUT2D eigenvalue weighted by Crippen LogP contribution is -2.20. The van der Waals surface area contributed by atoms with Crippen LogP contribution in [0.25, 0.3) is 33.5 Å². The molecule has 0 bridgehead atoms. The van der Waals surface area contributed by atoms with Crippen LogP contribution < -0.4 is 15.0 Å². The molecule has 2 aromatic heterocycles. The van der Waals surface area contributed by atoms with E-state index in [0.717, 1.165) is 5.39 Å². The summed E-state index contributed by atoms with van der Waals surface area (Å²) in [5, 5.41) is 6.11. The molecule has 0 aliphatic heterocycles. The van der Waals surface area contributed by atoms with Crippen molar-refractivity contribution in [1.82, 2.24) is 9.66 Å². The van der Waals surface area contributed by atoms with Crippen molar-refractivity contribution in [2.45, 2.75) is 6.92 Å². The third kappa shape index (κ3) is 4.31. The third-order valence-corrected chi connectivity index (χ3v) is 6.22. The first-order valence-electron chi connectivity index (χ1n) is 10.7. The van der Waals surface area contributed by atoms with Gasteiger partial charge < -0.3 is 13.9 Å². The van der Waals surface area contributed by atoms with E-state index in [-0.39, 0.29) is 11.4 Å². The summed E-state index contributed by atoms with van der Waals surface area (Å²) in [7, 11) is 1.59. The second kappa shape index (κ2) is 9.56. The molecule has 5 aromatic rings. The van der Waals surface area contributed by atoms with Crippen LogP contribution in [0.4, 0.5) is 0 Å². The Kier molecular flexibility index (Phi) is 6.32. The predicted molar refractivity (Wildman–Crippen MR) is 141 cm³/mol. The molecule has 0 aliphatic carbocycles. The van der Waals surface area contributed by atoms with Crippen LogP contribution in [0.3, 0.4) is 0 Å². The summed E-state index contributed by atoms with van der Waals surface area (Å²) < 4.78 is 19.0. The van der Waals surface area contributed by atoms with E-state index in [2.05, 4.69) is 21.0 Å². The van der Waals surface area contributed by atoms with Crippen LogP contribution in [0.15, 0.2) is 79.4 Å². The average molecular weight is 553 g/mol. The molecule has 0 atom stereocenters. The van der Waals surface area contributed by atoms with E-state index >= 15 is 0 Å². The first-order chi connectivity index (χ1) is 17.0. The largest absolute Gasteiger partial charge is 0.496 e. The highest BCUT2D eigenvalue weighted by atomic mass is 79.9. The molecule has 0 unspecified atom stereocenters. The van der Waals surface area contributed by atoms with Crippen molar-refractivity contribution in [2.75, 3.05) is 13.7 Å². The lowest BCUT2D eigenvalue weighted by molar-refractivity contribution is 0.338. The van der Waals surface area contributed by atoms with Gasteiger partial charge in [0.2, 0.25) is 5.82 Å². The van der Waals surface area contributed by atoms with Crippen LogP contribution in [0.1, 0.15) is 12.5 Å².